The highest BCUT2D eigenvalue weighted by Crippen LogP contribution is 2.20. The second-order valence-electron chi connectivity index (χ2n) is 6.85. The third-order valence-corrected chi connectivity index (χ3v) is 4.32. The molecule has 30 heavy (non-hydrogen) atoms. The summed E-state index contributed by atoms with van der Waals surface area (Å²) < 4.78 is 23.9. The molecule has 2 N–H and O–H groups in total. The molecule has 0 aliphatic rings. The van der Waals surface area contributed by atoms with E-state index in [2.05, 4.69) is 15.6 Å². The molecular weight excluding hydrogens is 385 g/mol. The number of halogens is 1. The molecule has 1 unspecified atom stereocenters. The molecule has 0 radical (unpaired) electrons. The molecule has 3 aromatic rings. The number of hydrogen-bond donors (Lipinski definition) is 2. The first-order chi connectivity index (χ1) is 14.5. The summed E-state index contributed by atoms with van der Waals surface area (Å²) in [7, 11) is 1.63. The summed E-state index contributed by atoms with van der Waals surface area (Å²) in [5.41, 5.74) is 1.90. The molecule has 2 aromatic carbocycles. The van der Waals surface area contributed by atoms with Gasteiger partial charge in [0.1, 0.15) is 17.3 Å². The second-order valence-corrected chi connectivity index (χ2v) is 6.85. The number of urea groups is 1. The smallest absolute Gasteiger partial charge is 0.315 e. The Kier molecular flexibility index (Phi) is 7.21. The van der Waals surface area contributed by atoms with Crippen LogP contribution in [-0.4, -0.2) is 24.2 Å². The summed E-state index contributed by atoms with van der Waals surface area (Å²) in [6.45, 7) is 2.27. The van der Waals surface area contributed by atoms with Crippen LogP contribution in [0.1, 0.15) is 18.1 Å². The highest BCUT2D eigenvalue weighted by molar-refractivity contribution is 5.74. The Hall–Kier alpha value is -3.61. The van der Waals surface area contributed by atoms with E-state index in [1.54, 1.807) is 37.6 Å². The maximum atomic E-state index is 13.2. The van der Waals surface area contributed by atoms with Gasteiger partial charge in [-0.25, -0.2) is 14.2 Å². The van der Waals surface area contributed by atoms with Gasteiger partial charge < -0.3 is 20.1 Å². The lowest BCUT2D eigenvalue weighted by molar-refractivity contribution is 0.237. The molecule has 1 heterocycles. The van der Waals surface area contributed by atoms with E-state index in [0.717, 1.165) is 16.9 Å². The lowest BCUT2D eigenvalue weighted by atomic mass is 10.1. The zero-order valence-corrected chi connectivity index (χ0v) is 16.9. The van der Waals surface area contributed by atoms with Gasteiger partial charge in [0.05, 0.1) is 7.11 Å². The minimum absolute atomic E-state index is 0.0442. The van der Waals surface area contributed by atoms with Crippen LogP contribution in [0.3, 0.4) is 0 Å². The fourth-order valence-electron chi connectivity index (χ4n) is 2.89. The standard InChI is InChI=1S/C23H24FN3O3/c1-16(11-17-5-3-7-20(12-17)29-2)27-23(28)26-15-18-9-10-22(25-14-18)30-21-8-4-6-19(24)13-21/h3-10,12-14,16H,11,15H2,1-2H3,(H2,26,27,28). The SMILES string of the molecule is COc1cccc(CC(C)NC(=O)NCc2ccc(Oc3cccc(F)c3)nc2)c1. The predicted octanol–water partition coefficient (Wildman–Crippen LogP) is 4.45. The molecule has 0 aliphatic heterocycles. The topological polar surface area (TPSA) is 72.5 Å². The van der Waals surface area contributed by atoms with Crippen molar-refractivity contribution in [3.8, 4) is 17.4 Å². The van der Waals surface area contributed by atoms with Gasteiger partial charge in [0.25, 0.3) is 0 Å². The van der Waals surface area contributed by atoms with Crippen LogP contribution in [0.4, 0.5) is 9.18 Å². The van der Waals surface area contributed by atoms with E-state index in [1.165, 1.54) is 12.1 Å². The normalized spacial score (nSPS) is 11.4. The minimum atomic E-state index is -0.375. The average Bonchev–Trinajstić information content (AvgIpc) is 2.73. The lowest BCUT2D eigenvalue weighted by Crippen LogP contribution is -2.41. The highest BCUT2D eigenvalue weighted by atomic mass is 19.1. The van der Waals surface area contributed by atoms with E-state index >= 15 is 0 Å². The third-order valence-electron chi connectivity index (χ3n) is 4.32. The van der Waals surface area contributed by atoms with Gasteiger partial charge >= 0.3 is 6.03 Å². The van der Waals surface area contributed by atoms with Gasteiger partial charge in [0, 0.05) is 30.9 Å². The summed E-state index contributed by atoms with van der Waals surface area (Å²) in [5.74, 6) is 1.14. The molecule has 0 saturated carbocycles. The fraction of sp³-hybridized carbons (Fsp3) is 0.217. The number of benzene rings is 2. The number of hydrogen-bond acceptors (Lipinski definition) is 4. The summed E-state index contributed by atoms with van der Waals surface area (Å²) >= 11 is 0. The number of nitrogens with zero attached hydrogens (tertiary/aromatic N) is 1. The second kappa shape index (κ2) is 10.2. The molecule has 1 atom stereocenters. The largest absolute Gasteiger partial charge is 0.497 e. The van der Waals surface area contributed by atoms with Gasteiger partial charge in [-0.05, 0) is 48.7 Å². The van der Waals surface area contributed by atoms with Crippen LogP contribution in [0.15, 0.2) is 66.9 Å². The number of carbonyl (C=O) groups excluding carboxylic acids is 1. The van der Waals surface area contributed by atoms with Crippen molar-refractivity contribution < 1.29 is 18.7 Å². The first kappa shape index (κ1) is 21.1. The predicted molar refractivity (Wildman–Crippen MR) is 112 cm³/mol. The number of pyridine rings is 1. The maximum absolute atomic E-state index is 13.2. The van der Waals surface area contributed by atoms with Crippen molar-refractivity contribution in [1.29, 1.82) is 0 Å². The van der Waals surface area contributed by atoms with Crippen molar-refractivity contribution >= 4 is 6.03 Å². The molecule has 0 fully saturated rings. The minimum Gasteiger partial charge on any atom is -0.497 e. The molecule has 6 nitrogen and oxygen atoms in total. The monoisotopic (exact) mass is 409 g/mol. The van der Waals surface area contributed by atoms with Gasteiger partial charge in [0.15, 0.2) is 0 Å². The van der Waals surface area contributed by atoms with E-state index in [9.17, 15) is 9.18 Å². The van der Waals surface area contributed by atoms with E-state index in [0.29, 0.717) is 24.6 Å². The number of methoxy groups -OCH3 is 1. The average molecular weight is 409 g/mol. The molecule has 2 amide bonds. The Balaban J connectivity index is 1.44. The number of aromatic nitrogens is 1. The molecule has 0 bridgehead atoms. The summed E-state index contributed by atoms with van der Waals surface area (Å²) in [6, 6.07) is 16.8. The Labute approximate surface area is 175 Å². The van der Waals surface area contributed by atoms with Gasteiger partial charge in [-0.1, -0.05) is 24.3 Å². The van der Waals surface area contributed by atoms with E-state index in [-0.39, 0.29) is 17.9 Å². The summed E-state index contributed by atoms with van der Waals surface area (Å²) in [4.78, 5) is 16.3. The lowest BCUT2D eigenvalue weighted by Gasteiger charge is -2.15. The first-order valence-electron chi connectivity index (χ1n) is 9.57. The molecule has 156 valence electrons. The van der Waals surface area contributed by atoms with Gasteiger partial charge in [-0.2, -0.15) is 0 Å². The van der Waals surface area contributed by atoms with Crippen LogP contribution < -0.4 is 20.1 Å². The number of ether oxygens (including phenoxy) is 2. The van der Waals surface area contributed by atoms with Gasteiger partial charge in [-0.3, -0.25) is 0 Å². The first-order valence-corrected chi connectivity index (χ1v) is 9.57. The van der Waals surface area contributed by atoms with E-state index in [1.807, 2.05) is 31.2 Å². The van der Waals surface area contributed by atoms with Crippen LogP contribution in [-0.2, 0) is 13.0 Å². The van der Waals surface area contributed by atoms with Crippen molar-refractivity contribution in [2.24, 2.45) is 0 Å². The van der Waals surface area contributed by atoms with Crippen LogP contribution in [0, 0.1) is 5.82 Å². The number of nitrogens with one attached hydrogen (secondary N) is 2. The Bertz CT molecular complexity index is 979. The zero-order chi connectivity index (χ0) is 21.3. The van der Waals surface area contributed by atoms with Gasteiger partial charge in [-0.15, -0.1) is 0 Å². The number of amides is 2. The summed E-state index contributed by atoms with van der Waals surface area (Å²) in [5, 5.41) is 5.72. The fourth-order valence-corrected chi connectivity index (χ4v) is 2.89. The van der Waals surface area contributed by atoms with E-state index in [4.69, 9.17) is 9.47 Å². The Morgan fingerprint density at radius 2 is 1.87 bits per heavy atom. The zero-order valence-electron chi connectivity index (χ0n) is 16.9. The molecule has 1 aromatic heterocycles. The Morgan fingerprint density at radius 1 is 1.07 bits per heavy atom. The van der Waals surface area contributed by atoms with Crippen molar-refractivity contribution in [2.45, 2.75) is 25.9 Å². The molecule has 3 rings (SSSR count). The molecule has 0 spiro atoms. The molecule has 0 aliphatic carbocycles. The van der Waals surface area contributed by atoms with Crippen LogP contribution >= 0.6 is 0 Å². The van der Waals surface area contributed by atoms with E-state index < -0.39 is 0 Å². The molecular formula is C23H24FN3O3. The molecule has 0 saturated heterocycles. The quantitative estimate of drug-likeness (QED) is 0.577. The number of rotatable bonds is 8. The van der Waals surface area contributed by atoms with Crippen molar-refractivity contribution in [3.63, 3.8) is 0 Å². The summed E-state index contributed by atoms with van der Waals surface area (Å²) in [6.07, 6.45) is 2.30. The van der Waals surface area contributed by atoms with Crippen molar-refractivity contribution in [1.82, 2.24) is 15.6 Å². The molecule has 7 heteroatoms. The van der Waals surface area contributed by atoms with Crippen LogP contribution in [0.5, 0.6) is 17.4 Å². The Morgan fingerprint density at radius 3 is 2.60 bits per heavy atom. The van der Waals surface area contributed by atoms with Crippen molar-refractivity contribution in [3.05, 3.63) is 83.8 Å². The van der Waals surface area contributed by atoms with Crippen LogP contribution in [0.25, 0.3) is 0 Å². The van der Waals surface area contributed by atoms with Crippen LogP contribution in [0.2, 0.25) is 0 Å². The van der Waals surface area contributed by atoms with Crippen molar-refractivity contribution in [2.75, 3.05) is 7.11 Å². The highest BCUT2D eigenvalue weighted by Gasteiger charge is 2.09. The third kappa shape index (κ3) is 6.48. The maximum Gasteiger partial charge on any atom is 0.315 e. The van der Waals surface area contributed by atoms with Gasteiger partial charge in [0.2, 0.25) is 5.88 Å². The number of carbonyl (C=O) groups is 1.